The highest BCUT2D eigenvalue weighted by Crippen LogP contribution is 2.21. The Labute approximate surface area is 159 Å². The van der Waals surface area contributed by atoms with E-state index in [1.54, 1.807) is 24.3 Å². The van der Waals surface area contributed by atoms with Gasteiger partial charge in [0.25, 0.3) is 0 Å². The van der Waals surface area contributed by atoms with Crippen LogP contribution in [0.3, 0.4) is 0 Å². The van der Waals surface area contributed by atoms with Crippen molar-refractivity contribution in [2.24, 2.45) is 0 Å². The van der Waals surface area contributed by atoms with Crippen molar-refractivity contribution in [2.75, 3.05) is 11.9 Å². The van der Waals surface area contributed by atoms with E-state index >= 15 is 0 Å². The second-order valence-corrected chi connectivity index (χ2v) is 7.88. The van der Waals surface area contributed by atoms with E-state index in [1.165, 1.54) is 12.1 Å². The number of hydrogen-bond donors (Lipinski definition) is 1. The van der Waals surface area contributed by atoms with Crippen molar-refractivity contribution in [3.8, 4) is 11.4 Å². The van der Waals surface area contributed by atoms with Gasteiger partial charge in [0.1, 0.15) is 0 Å². The van der Waals surface area contributed by atoms with Gasteiger partial charge in [-0.25, -0.2) is 8.42 Å². The van der Waals surface area contributed by atoms with Gasteiger partial charge < -0.3 is 9.84 Å². The summed E-state index contributed by atoms with van der Waals surface area (Å²) in [6.45, 7) is 0.434. The highest BCUT2D eigenvalue weighted by atomic mass is 35.5. The zero-order valence-electron chi connectivity index (χ0n) is 13.8. The van der Waals surface area contributed by atoms with Crippen LogP contribution in [0.1, 0.15) is 5.89 Å². The van der Waals surface area contributed by atoms with E-state index in [-0.39, 0.29) is 0 Å². The molecule has 0 atom stereocenters. The van der Waals surface area contributed by atoms with Crippen LogP contribution in [0.15, 0.2) is 57.9 Å². The number of nitrogens with one attached hydrogen (secondary N) is 1. The van der Waals surface area contributed by atoms with Crippen LogP contribution in [0.4, 0.5) is 14.5 Å². The van der Waals surface area contributed by atoms with Crippen molar-refractivity contribution in [1.82, 2.24) is 10.1 Å². The van der Waals surface area contributed by atoms with Crippen molar-refractivity contribution < 1.29 is 21.7 Å². The summed E-state index contributed by atoms with van der Waals surface area (Å²) >= 11 is 5.84. The number of aromatic nitrogens is 2. The van der Waals surface area contributed by atoms with Gasteiger partial charge in [0.2, 0.25) is 21.6 Å². The average Bonchev–Trinajstić information content (AvgIpc) is 3.11. The molecule has 0 unspecified atom stereocenters. The number of hydrogen-bond acceptors (Lipinski definition) is 6. The molecule has 0 bridgehead atoms. The Morgan fingerprint density at radius 3 is 2.37 bits per heavy atom. The Kier molecular flexibility index (Phi) is 5.71. The lowest BCUT2D eigenvalue weighted by molar-refractivity contribution is 0.234. The lowest BCUT2D eigenvalue weighted by Gasteiger charge is -2.06. The average molecular weight is 414 g/mol. The molecule has 1 N–H and O–H groups in total. The first-order valence-corrected chi connectivity index (χ1v) is 9.73. The summed E-state index contributed by atoms with van der Waals surface area (Å²) in [7, 11) is -4.59. The molecule has 0 aliphatic heterocycles. The highest BCUT2D eigenvalue weighted by molar-refractivity contribution is 7.91. The molecule has 0 aliphatic rings. The normalized spacial score (nSPS) is 11.7. The van der Waals surface area contributed by atoms with Crippen LogP contribution in [0.5, 0.6) is 0 Å². The van der Waals surface area contributed by atoms with E-state index in [2.05, 4.69) is 15.5 Å². The third-order valence-electron chi connectivity index (χ3n) is 3.66. The Balaban J connectivity index is 1.57. The van der Waals surface area contributed by atoms with Crippen molar-refractivity contribution >= 4 is 27.1 Å². The first-order chi connectivity index (χ1) is 12.9. The predicted molar refractivity (Wildman–Crippen MR) is 96.6 cm³/mol. The minimum Gasteiger partial charge on any atom is -0.385 e. The highest BCUT2D eigenvalue weighted by Gasteiger charge is 2.26. The van der Waals surface area contributed by atoms with Crippen LogP contribution in [0, 0.1) is 0 Å². The summed E-state index contributed by atoms with van der Waals surface area (Å²) in [5, 5.41) is 7.54. The molecule has 0 saturated carbocycles. The molecule has 3 rings (SSSR count). The molecular weight excluding hydrogens is 400 g/mol. The van der Waals surface area contributed by atoms with E-state index in [1.807, 2.05) is 0 Å². The van der Waals surface area contributed by atoms with Crippen molar-refractivity contribution in [3.63, 3.8) is 0 Å². The van der Waals surface area contributed by atoms with Gasteiger partial charge >= 0.3 is 5.76 Å². The summed E-state index contributed by atoms with van der Waals surface area (Å²) in [6, 6.07) is 12.1. The smallest absolute Gasteiger partial charge is 0.341 e. The summed E-state index contributed by atoms with van der Waals surface area (Å²) in [5.74, 6) is -2.57. The molecule has 1 aromatic heterocycles. The molecule has 0 aliphatic carbocycles. The predicted octanol–water partition coefficient (Wildman–Crippen LogP) is 4.04. The van der Waals surface area contributed by atoms with Crippen molar-refractivity contribution in [3.05, 3.63) is 59.4 Å². The molecule has 0 radical (unpaired) electrons. The summed E-state index contributed by atoms with van der Waals surface area (Å²) in [5.41, 5.74) is 1.36. The minimum atomic E-state index is -4.59. The SMILES string of the molecule is O=S(=O)(c1ccc(NCCc2nc(-c3ccc(Cl)cc3)no2)cc1)C(F)F. The van der Waals surface area contributed by atoms with E-state index in [4.69, 9.17) is 16.1 Å². The van der Waals surface area contributed by atoms with E-state index in [0.717, 1.165) is 17.7 Å². The van der Waals surface area contributed by atoms with Crippen LogP contribution >= 0.6 is 11.6 Å². The first kappa shape index (κ1) is 19.2. The van der Waals surface area contributed by atoms with Gasteiger partial charge in [0, 0.05) is 29.2 Å². The second-order valence-electron chi connectivity index (χ2n) is 5.53. The van der Waals surface area contributed by atoms with E-state index < -0.39 is 20.5 Å². The Morgan fingerprint density at radius 1 is 1.07 bits per heavy atom. The van der Waals surface area contributed by atoms with Gasteiger partial charge in [-0.3, -0.25) is 0 Å². The van der Waals surface area contributed by atoms with Gasteiger partial charge in [-0.2, -0.15) is 13.8 Å². The van der Waals surface area contributed by atoms with Crippen LogP contribution in [-0.4, -0.2) is 30.9 Å². The molecule has 2 aromatic carbocycles. The maximum atomic E-state index is 12.5. The lowest BCUT2D eigenvalue weighted by Crippen LogP contribution is -2.11. The van der Waals surface area contributed by atoms with Crippen LogP contribution in [0.25, 0.3) is 11.4 Å². The van der Waals surface area contributed by atoms with E-state index in [9.17, 15) is 17.2 Å². The molecule has 0 amide bonds. The Morgan fingerprint density at radius 2 is 1.74 bits per heavy atom. The largest absolute Gasteiger partial charge is 0.385 e. The molecule has 0 spiro atoms. The molecular formula is C17H14ClF2N3O3S. The third-order valence-corrected chi connectivity index (χ3v) is 5.31. The van der Waals surface area contributed by atoms with Gasteiger partial charge in [0.15, 0.2) is 0 Å². The van der Waals surface area contributed by atoms with Gasteiger partial charge in [0.05, 0.1) is 4.90 Å². The van der Waals surface area contributed by atoms with Crippen LogP contribution in [-0.2, 0) is 16.3 Å². The van der Waals surface area contributed by atoms with E-state index in [0.29, 0.717) is 35.4 Å². The van der Waals surface area contributed by atoms with Crippen LogP contribution in [0.2, 0.25) is 5.02 Å². The molecule has 0 fully saturated rings. The Hall–Kier alpha value is -2.52. The number of sulfone groups is 1. The summed E-state index contributed by atoms with van der Waals surface area (Å²) in [6.07, 6.45) is 0.428. The molecule has 3 aromatic rings. The van der Waals surface area contributed by atoms with Crippen LogP contribution < -0.4 is 5.32 Å². The fourth-order valence-corrected chi connectivity index (χ4v) is 3.10. The lowest BCUT2D eigenvalue weighted by atomic mass is 10.2. The fraction of sp³-hybridized carbons (Fsp3) is 0.176. The zero-order valence-corrected chi connectivity index (χ0v) is 15.3. The van der Waals surface area contributed by atoms with Gasteiger partial charge in [-0.1, -0.05) is 16.8 Å². The quantitative estimate of drug-likeness (QED) is 0.629. The number of rotatable bonds is 7. The standard InChI is InChI=1S/C17H14ClF2N3O3S/c18-12-3-1-11(2-4-12)16-22-15(26-23-16)9-10-21-13-5-7-14(8-6-13)27(24,25)17(19)20/h1-8,17,21H,9-10H2. The molecule has 27 heavy (non-hydrogen) atoms. The number of benzene rings is 2. The number of halogens is 3. The van der Waals surface area contributed by atoms with Gasteiger partial charge in [-0.05, 0) is 48.5 Å². The topological polar surface area (TPSA) is 85.1 Å². The molecule has 1 heterocycles. The number of nitrogens with zero attached hydrogens (tertiary/aromatic N) is 2. The third kappa shape index (κ3) is 4.61. The van der Waals surface area contributed by atoms with Crippen molar-refractivity contribution in [1.29, 1.82) is 0 Å². The fourth-order valence-electron chi connectivity index (χ4n) is 2.25. The summed E-state index contributed by atoms with van der Waals surface area (Å²) < 4.78 is 52.9. The zero-order chi connectivity index (χ0) is 19.4. The maximum absolute atomic E-state index is 12.5. The molecule has 142 valence electrons. The molecule has 10 heteroatoms. The van der Waals surface area contributed by atoms with Gasteiger partial charge in [-0.15, -0.1) is 0 Å². The number of alkyl halides is 2. The molecule has 0 saturated heterocycles. The maximum Gasteiger partial charge on any atom is 0.341 e. The first-order valence-electron chi connectivity index (χ1n) is 7.81. The van der Waals surface area contributed by atoms with Crippen molar-refractivity contribution in [2.45, 2.75) is 17.1 Å². The second kappa shape index (κ2) is 8.01. The molecule has 6 nitrogen and oxygen atoms in total. The Bertz CT molecular complexity index is 1010. The number of anilines is 1. The minimum absolute atomic E-state index is 0.421. The summed E-state index contributed by atoms with van der Waals surface area (Å²) in [4.78, 5) is 3.86. The monoisotopic (exact) mass is 413 g/mol.